The molecule has 0 aromatic heterocycles. The number of nitrogens with zero attached hydrogens (tertiary/aromatic N) is 1. The van der Waals surface area contributed by atoms with Crippen LogP contribution in [0.15, 0.2) is 0 Å². The fourth-order valence-corrected chi connectivity index (χ4v) is 3.07. The summed E-state index contributed by atoms with van der Waals surface area (Å²) >= 11 is 0. The third-order valence-electron chi connectivity index (χ3n) is 4.49. The van der Waals surface area contributed by atoms with Crippen LogP contribution in [0.4, 0.5) is 0 Å². The molecule has 2 N–H and O–H groups in total. The number of hydrogen-bond acceptors (Lipinski definition) is 2. The van der Waals surface area contributed by atoms with E-state index in [-0.39, 0.29) is 12.0 Å². The van der Waals surface area contributed by atoms with Gasteiger partial charge in [-0.05, 0) is 50.9 Å². The predicted molar refractivity (Wildman–Crippen MR) is 67.4 cm³/mol. The first-order chi connectivity index (χ1) is 8.24. The molecule has 3 nitrogen and oxygen atoms in total. The lowest BCUT2D eigenvalue weighted by Gasteiger charge is -2.31. The van der Waals surface area contributed by atoms with Crippen molar-refractivity contribution in [3.8, 4) is 0 Å². The van der Waals surface area contributed by atoms with Gasteiger partial charge in [-0.2, -0.15) is 0 Å². The summed E-state index contributed by atoms with van der Waals surface area (Å²) in [6, 6.07) is 0.848. The molecule has 0 bridgehead atoms. The second-order valence-electron chi connectivity index (χ2n) is 6.29. The van der Waals surface area contributed by atoms with Crippen LogP contribution in [0.1, 0.15) is 51.4 Å². The highest BCUT2D eigenvalue weighted by Crippen LogP contribution is 2.37. The minimum Gasteiger partial charge on any atom is -0.339 e. The van der Waals surface area contributed by atoms with Crippen molar-refractivity contribution in [1.29, 1.82) is 0 Å². The predicted octanol–water partition coefficient (Wildman–Crippen LogP) is 1.90. The first-order valence-electron chi connectivity index (χ1n) is 7.30. The second-order valence-corrected chi connectivity index (χ2v) is 6.29. The van der Waals surface area contributed by atoms with Crippen molar-refractivity contribution >= 4 is 5.91 Å². The molecule has 0 saturated heterocycles. The molecule has 0 aromatic carbocycles. The Labute approximate surface area is 104 Å². The van der Waals surface area contributed by atoms with E-state index in [0.29, 0.717) is 11.9 Å². The lowest BCUT2D eigenvalue weighted by atomic mass is 9.85. The van der Waals surface area contributed by atoms with E-state index in [1.54, 1.807) is 0 Å². The number of carbonyl (C=O) groups is 1. The molecule has 3 aliphatic carbocycles. The molecular weight excluding hydrogens is 212 g/mol. The monoisotopic (exact) mass is 236 g/mol. The van der Waals surface area contributed by atoms with Crippen LogP contribution in [-0.2, 0) is 4.79 Å². The summed E-state index contributed by atoms with van der Waals surface area (Å²) in [5, 5.41) is 0. The molecule has 0 aliphatic heterocycles. The third kappa shape index (κ3) is 2.82. The Morgan fingerprint density at radius 2 is 1.88 bits per heavy atom. The van der Waals surface area contributed by atoms with Gasteiger partial charge in [0.25, 0.3) is 0 Å². The molecule has 0 spiro atoms. The van der Waals surface area contributed by atoms with Crippen molar-refractivity contribution in [2.24, 2.45) is 17.6 Å². The lowest BCUT2D eigenvalue weighted by Crippen LogP contribution is -2.42. The number of rotatable bonds is 4. The summed E-state index contributed by atoms with van der Waals surface area (Å²) in [5.41, 5.74) is 6.00. The SMILES string of the molecule is NC1CCCC(C(=O)N(CC2CC2)C2CC2)C1. The smallest absolute Gasteiger partial charge is 0.225 e. The van der Waals surface area contributed by atoms with Crippen molar-refractivity contribution in [2.45, 2.75) is 63.5 Å². The van der Waals surface area contributed by atoms with E-state index in [4.69, 9.17) is 5.73 Å². The lowest BCUT2D eigenvalue weighted by molar-refractivity contribution is -0.137. The van der Waals surface area contributed by atoms with Gasteiger partial charge in [0.15, 0.2) is 0 Å². The average Bonchev–Trinajstić information content (AvgIpc) is 3.16. The fraction of sp³-hybridized carbons (Fsp3) is 0.929. The maximum Gasteiger partial charge on any atom is 0.225 e. The Balaban J connectivity index is 1.60. The van der Waals surface area contributed by atoms with Crippen LogP contribution < -0.4 is 5.73 Å². The summed E-state index contributed by atoms with van der Waals surface area (Å²) in [5.74, 6) is 1.48. The van der Waals surface area contributed by atoms with E-state index in [2.05, 4.69) is 4.90 Å². The number of hydrogen-bond donors (Lipinski definition) is 1. The summed E-state index contributed by atoms with van der Waals surface area (Å²) < 4.78 is 0. The van der Waals surface area contributed by atoms with Gasteiger partial charge in [-0.25, -0.2) is 0 Å². The molecule has 1 amide bonds. The molecular formula is C14H24N2O. The van der Waals surface area contributed by atoms with Gasteiger partial charge in [0, 0.05) is 24.5 Å². The first-order valence-corrected chi connectivity index (χ1v) is 7.30. The first kappa shape index (κ1) is 11.5. The largest absolute Gasteiger partial charge is 0.339 e. The van der Waals surface area contributed by atoms with Gasteiger partial charge in [-0.1, -0.05) is 6.42 Å². The van der Waals surface area contributed by atoms with Gasteiger partial charge in [0.05, 0.1) is 0 Å². The van der Waals surface area contributed by atoms with Crippen LogP contribution in [0.3, 0.4) is 0 Å². The Morgan fingerprint density at radius 1 is 1.12 bits per heavy atom. The molecule has 3 saturated carbocycles. The molecule has 3 rings (SSSR count). The van der Waals surface area contributed by atoms with Crippen LogP contribution in [0.25, 0.3) is 0 Å². The normalized spacial score (nSPS) is 33.5. The van der Waals surface area contributed by atoms with Gasteiger partial charge in [0.2, 0.25) is 5.91 Å². The Kier molecular flexibility index (Phi) is 3.12. The van der Waals surface area contributed by atoms with E-state index in [1.165, 1.54) is 25.7 Å². The van der Waals surface area contributed by atoms with Gasteiger partial charge in [-0.3, -0.25) is 4.79 Å². The van der Waals surface area contributed by atoms with Gasteiger partial charge < -0.3 is 10.6 Å². The minimum absolute atomic E-state index is 0.234. The van der Waals surface area contributed by atoms with E-state index >= 15 is 0 Å². The molecule has 3 fully saturated rings. The summed E-state index contributed by atoms with van der Waals surface area (Å²) in [6.07, 6.45) is 9.37. The second kappa shape index (κ2) is 4.60. The Morgan fingerprint density at radius 3 is 2.47 bits per heavy atom. The molecule has 3 aliphatic rings. The zero-order chi connectivity index (χ0) is 11.8. The van der Waals surface area contributed by atoms with Crippen molar-refractivity contribution in [1.82, 2.24) is 4.90 Å². The van der Waals surface area contributed by atoms with Crippen LogP contribution >= 0.6 is 0 Å². The standard InChI is InChI=1S/C14H24N2O/c15-12-3-1-2-11(8-12)14(17)16(13-6-7-13)9-10-4-5-10/h10-13H,1-9,15H2. The van der Waals surface area contributed by atoms with Gasteiger partial charge in [0.1, 0.15) is 0 Å². The highest BCUT2D eigenvalue weighted by molar-refractivity contribution is 5.79. The molecule has 0 heterocycles. The third-order valence-corrected chi connectivity index (χ3v) is 4.49. The Hall–Kier alpha value is -0.570. The number of amides is 1. The quantitative estimate of drug-likeness (QED) is 0.810. The molecule has 2 atom stereocenters. The number of nitrogens with two attached hydrogens (primary N) is 1. The molecule has 96 valence electrons. The van der Waals surface area contributed by atoms with Crippen molar-refractivity contribution in [3.05, 3.63) is 0 Å². The topological polar surface area (TPSA) is 46.3 Å². The van der Waals surface area contributed by atoms with Crippen molar-refractivity contribution < 1.29 is 4.79 Å². The molecule has 17 heavy (non-hydrogen) atoms. The van der Waals surface area contributed by atoms with E-state index < -0.39 is 0 Å². The summed E-state index contributed by atoms with van der Waals surface area (Å²) in [7, 11) is 0. The molecule has 0 aromatic rings. The van der Waals surface area contributed by atoms with Crippen molar-refractivity contribution in [3.63, 3.8) is 0 Å². The maximum absolute atomic E-state index is 12.6. The van der Waals surface area contributed by atoms with Crippen molar-refractivity contribution in [2.75, 3.05) is 6.54 Å². The Bertz CT molecular complexity index is 297. The van der Waals surface area contributed by atoms with Gasteiger partial charge in [-0.15, -0.1) is 0 Å². The van der Waals surface area contributed by atoms with Crippen LogP contribution in [-0.4, -0.2) is 29.4 Å². The molecule has 0 radical (unpaired) electrons. The average molecular weight is 236 g/mol. The minimum atomic E-state index is 0.234. The highest BCUT2D eigenvalue weighted by Gasteiger charge is 2.39. The van der Waals surface area contributed by atoms with E-state index in [9.17, 15) is 4.79 Å². The zero-order valence-electron chi connectivity index (χ0n) is 10.6. The summed E-state index contributed by atoms with van der Waals surface area (Å²) in [6.45, 7) is 1.04. The van der Waals surface area contributed by atoms with E-state index in [1.807, 2.05) is 0 Å². The number of carbonyl (C=O) groups excluding carboxylic acids is 1. The van der Waals surface area contributed by atoms with Crippen LogP contribution in [0.5, 0.6) is 0 Å². The fourth-order valence-electron chi connectivity index (χ4n) is 3.07. The molecule has 2 unspecified atom stereocenters. The summed E-state index contributed by atoms with van der Waals surface area (Å²) in [4.78, 5) is 14.8. The molecule has 3 heteroatoms. The van der Waals surface area contributed by atoms with Gasteiger partial charge >= 0.3 is 0 Å². The van der Waals surface area contributed by atoms with E-state index in [0.717, 1.165) is 38.1 Å². The zero-order valence-corrected chi connectivity index (χ0v) is 10.6. The highest BCUT2D eigenvalue weighted by atomic mass is 16.2. The van der Waals surface area contributed by atoms with Crippen LogP contribution in [0.2, 0.25) is 0 Å². The van der Waals surface area contributed by atoms with Crippen LogP contribution in [0, 0.1) is 11.8 Å². The maximum atomic E-state index is 12.6.